The highest BCUT2D eigenvalue weighted by molar-refractivity contribution is 7.90. The van der Waals surface area contributed by atoms with Gasteiger partial charge < -0.3 is 5.73 Å². The van der Waals surface area contributed by atoms with E-state index in [0.29, 0.717) is 5.70 Å². The fraction of sp³-hybridized carbons (Fsp3) is 0. The van der Waals surface area contributed by atoms with Crippen molar-refractivity contribution >= 4 is 23.2 Å². The first kappa shape index (κ1) is 10.8. The number of hydrogen-bond acceptors (Lipinski definition) is 2. The molecule has 0 unspecified atom stereocenters. The molecule has 2 aromatic rings. The fourth-order valence-electron chi connectivity index (χ4n) is 1.51. The second kappa shape index (κ2) is 4.90. The minimum absolute atomic E-state index is 0.704. The van der Waals surface area contributed by atoms with Crippen LogP contribution in [-0.4, -0.2) is 0 Å². The van der Waals surface area contributed by atoms with E-state index in [1.165, 1.54) is 0 Å². The van der Waals surface area contributed by atoms with Crippen LogP contribution >= 0.6 is 12.6 Å². The van der Waals surface area contributed by atoms with Crippen molar-refractivity contribution in [3.8, 4) is 0 Å². The molecule has 2 rings (SSSR count). The quantitative estimate of drug-likeness (QED) is 0.597. The van der Waals surface area contributed by atoms with Crippen LogP contribution in [0.5, 0.6) is 0 Å². The Labute approximate surface area is 101 Å². The van der Waals surface area contributed by atoms with Gasteiger partial charge >= 0.3 is 0 Å². The molecule has 1 nitrogen and oxygen atoms in total. The van der Waals surface area contributed by atoms with E-state index in [9.17, 15) is 0 Å². The second-order valence-electron chi connectivity index (χ2n) is 3.49. The van der Waals surface area contributed by atoms with Gasteiger partial charge in [-0.2, -0.15) is 0 Å². The van der Waals surface area contributed by atoms with Gasteiger partial charge in [0.05, 0.1) is 5.70 Å². The maximum absolute atomic E-state index is 6.07. The zero-order valence-corrected chi connectivity index (χ0v) is 9.69. The molecule has 0 bridgehead atoms. The molecular weight excluding hydrogens is 214 g/mol. The van der Waals surface area contributed by atoms with Crippen LogP contribution in [0.2, 0.25) is 0 Å². The van der Waals surface area contributed by atoms with E-state index in [0.717, 1.165) is 16.0 Å². The summed E-state index contributed by atoms with van der Waals surface area (Å²) < 4.78 is 0. The van der Waals surface area contributed by atoms with E-state index in [1.807, 2.05) is 60.7 Å². The third-order valence-electron chi connectivity index (χ3n) is 2.39. The number of benzene rings is 2. The highest BCUT2D eigenvalue weighted by Crippen LogP contribution is 2.25. The van der Waals surface area contributed by atoms with E-state index in [4.69, 9.17) is 5.73 Å². The molecule has 0 heterocycles. The maximum Gasteiger partial charge on any atom is 0.0529 e. The smallest absolute Gasteiger partial charge is 0.0529 e. The number of nitrogens with two attached hydrogens (primary N) is 1. The molecule has 2 heteroatoms. The van der Waals surface area contributed by atoms with Crippen molar-refractivity contribution in [2.75, 3.05) is 0 Å². The molecule has 0 saturated heterocycles. The molecule has 0 amide bonds. The van der Waals surface area contributed by atoms with Gasteiger partial charge in [-0.3, -0.25) is 0 Å². The summed E-state index contributed by atoms with van der Waals surface area (Å²) in [6.07, 6.45) is 0. The summed E-state index contributed by atoms with van der Waals surface area (Å²) >= 11 is 4.48. The molecule has 2 N–H and O–H groups in total. The molecule has 16 heavy (non-hydrogen) atoms. The zero-order chi connectivity index (χ0) is 11.4. The molecule has 0 saturated carbocycles. The highest BCUT2D eigenvalue weighted by Gasteiger charge is 2.03. The van der Waals surface area contributed by atoms with Crippen LogP contribution in [0.1, 0.15) is 11.1 Å². The summed E-state index contributed by atoms with van der Waals surface area (Å²) in [6.45, 7) is 0. The van der Waals surface area contributed by atoms with Crippen LogP contribution in [0.3, 0.4) is 0 Å². The lowest BCUT2D eigenvalue weighted by molar-refractivity contribution is 1.52. The van der Waals surface area contributed by atoms with Crippen LogP contribution in [0.4, 0.5) is 0 Å². The minimum atomic E-state index is 0.704. The Morgan fingerprint density at radius 1 is 0.750 bits per heavy atom. The molecule has 0 atom stereocenters. The average molecular weight is 227 g/mol. The van der Waals surface area contributed by atoms with Crippen molar-refractivity contribution in [2.45, 2.75) is 0 Å². The number of rotatable bonds is 2. The van der Waals surface area contributed by atoms with Gasteiger partial charge in [-0.25, -0.2) is 0 Å². The van der Waals surface area contributed by atoms with Crippen molar-refractivity contribution in [3.05, 3.63) is 71.8 Å². The summed E-state index contributed by atoms with van der Waals surface area (Å²) in [5.41, 5.74) is 8.81. The Morgan fingerprint density at radius 2 is 1.19 bits per heavy atom. The first-order valence-electron chi connectivity index (χ1n) is 5.08. The predicted octanol–water partition coefficient (Wildman–Crippen LogP) is 3.40. The van der Waals surface area contributed by atoms with Gasteiger partial charge in [0.25, 0.3) is 0 Å². The Morgan fingerprint density at radius 3 is 1.69 bits per heavy atom. The van der Waals surface area contributed by atoms with E-state index in [2.05, 4.69) is 12.6 Å². The number of thiol groups is 1. The summed E-state index contributed by atoms with van der Waals surface area (Å²) in [6, 6.07) is 19.8. The van der Waals surface area contributed by atoms with Gasteiger partial charge in [0.15, 0.2) is 0 Å². The van der Waals surface area contributed by atoms with Crippen molar-refractivity contribution < 1.29 is 0 Å². The predicted molar refractivity (Wildman–Crippen MR) is 72.9 cm³/mol. The van der Waals surface area contributed by atoms with Gasteiger partial charge in [-0.1, -0.05) is 60.7 Å². The van der Waals surface area contributed by atoms with E-state index in [-0.39, 0.29) is 0 Å². The van der Waals surface area contributed by atoms with Crippen LogP contribution in [-0.2, 0) is 0 Å². The van der Waals surface area contributed by atoms with E-state index >= 15 is 0 Å². The summed E-state index contributed by atoms with van der Waals surface area (Å²) in [7, 11) is 0. The highest BCUT2D eigenvalue weighted by atomic mass is 32.1. The molecule has 0 aliphatic carbocycles. The van der Waals surface area contributed by atoms with Crippen molar-refractivity contribution in [2.24, 2.45) is 5.73 Å². The summed E-state index contributed by atoms with van der Waals surface area (Å²) in [4.78, 5) is 0.812. The van der Waals surface area contributed by atoms with Gasteiger partial charge in [0, 0.05) is 4.91 Å². The fourth-order valence-corrected chi connectivity index (χ4v) is 1.78. The average Bonchev–Trinajstić information content (AvgIpc) is 2.39. The third kappa shape index (κ3) is 2.28. The summed E-state index contributed by atoms with van der Waals surface area (Å²) in [5, 5.41) is 0. The zero-order valence-electron chi connectivity index (χ0n) is 8.80. The Hall–Kier alpha value is -1.67. The van der Waals surface area contributed by atoms with Crippen molar-refractivity contribution in [3.63, 3.8) is 0 Å². The molecule has 0 aromatic heterocycles. The van der Waals surface area contributed by atoms with Crippen LogP contribution < -0.4 is 5.73 Å². The van der Waals surface area contributed by atoms with E-state index in [1.54, 1.807) is 0 Å². The molecule has 0 spiro atoms. The minimum Gasteiger partial charge on any atom is -0.397 e. The molecule has 80 valence electrons. The largest absolute Gasteiger partial charge is 0.397 e. The molecule has 0 radical (unpaired) electrons. The Kier molecular flexibility index (Phi) is 3.32. The first-order chi connectivity index (χ1) is 7.79. The lowest BCUT2D eigenvalue weighted by Crippen LogP contribution is -1.98. The van der Waals surface area contributed by atoms with Gasteiger partial charge in [-0.15, -0.1) is 12.6 Å². The third-order valence-corrected chi connectivity index (χ3v) is 2.89. The monoisotopic (exact) mass is 227 g/mol. The normalized spacial score (nSPS) is 12.1. The Bertz CT molecular complexity index is 441. The molecule has 0 aliphatic heterocycles. The standard InChI is InChI=1S/C14H13NS/c15-13(11-7-3-1-4-8-11)14(16)12-9-5-2-6-10-12/h1-10,16H,15H2/b14-13-. The van der Waals surface area contributed by atoms with Crippen LogP contribution in [0.15, 0.2) is 60.7 Å². The molecule has 0 aliphatic rings. The lowest BCUT2D eigenvalue weighted by atomic mass is 10.1. The van der Waals surface area contributed by atoms with Crippen LogP contribution in [0.25, 0.3) is 10.6 Å². The molecule has 0 fully saturated rings. The van der Waals surface area contributed by atoms with Gasteiger partial charge in [-0.05, 0) is 11.1 Å². The van der Waals surface area contributed by atoms with Gasteiger partial charge in [0.1, 0.15) is 0 Å². The SMILES string of the molecule is N/C(=C(\S)c1ccccc1)c1ccccc1. The van der Waals surface area contributed by atoms with Crippen molar-refractivity contribution in [1.29, 1.82) is 0 Å². The molecule has 2 aromatic carbocycles. The lowest BCUT2D eigenvalue weighted by Gasteiger charge is -2.07. The van der Waals surface area contributed by atoms with E-state index < -0.39 is 0 Å². The van der Waals surface area contributed by atoms with Crippen molar-refractivity contribution in [1.82, 2.24) is 0 Å². The maximum atomic E-state index is 6.07. The number of hydrogen-bond donors (Lipinski definition) is 2. The second-order valence-corrected chi connectivity index (χ2v) is 3.94. The summed E-state index contributed by atoms with van der Waals surface area (Å²) in [5.74, 6) is 0. The molecular formula is C14H13NS. The Balaban J connectivity index is 2.43. The van der Waals surface area contributed by atoms with Gasteiger partial charge in [0.2, 0.25) is 0 Å². The van der Waals surface area contributed by atoms with Crippen LogP contribution in [0, 0.1) is 0 Å². The topological polar surface area (TPSA) is 26.0 Å². The first-order valence-corrected chi connectivity index (χ1v) is 5.53.